The molecule has 2 amide bonds. The van der Waals surface area contributed by atoms with Gasteiger partial charge in [-0.15, -0.1) is 0 Å². The molecule has 2 rings (SSSR count). The van der Waals surface area contributed by atoms with Crippen molar-refractivity contribution in [3.63, 3.8) is 0 Å². The maximum atomic E-state index is 13.1. The number of hydrogen-bond acceptors (Lipinski definition) is 4. The van der Waals surface area contributed by atoms with Crippen LogP contribution < -0.4 is 16.8 Å². The average molecular weight is 416 g/mol. The second kappa shape index (κ2) is 11.9. The van der Waals surface area contributed by atoms with Crippen LogP contribution in [0.15, 0.2) is 35.3 Å². The molecule has 1 fully saturated rings. The number of benzene rings is 1. The third-order valence-corrected chi connectivity index (χ3v) is 5.52. The second-order valence-electron chi connectivity index (χ2n) is 7.88. The summed E-state index contributed by atoms with van der Waals surface area (Å²) < 4.78 is 0. The molecule has 8 heteroatoms. The summed E-state index contributed by atoms with van der Waals surface area (Å²) in [7, 11) is 1.77. The van der Waals surface area contributed by atoms with Gasteiger partial charge in [-0.2, -0.15) is 0 Å². The standard InChI is InChI=1S/C22H33N5O3/c1-27(14-16-8-3-2-4-9-16)21(30)19-12-6-5-11-18(19)20(29)26-17(15-28)10-7-13-25-22(23)24/h2-4,8-9,15,17-19H,5-7,10-14H2,1H3,(H,26,29)(H4,23,24,25)/t17-,18?,19?/m1/s1. The molecule has 1 aromatic rings. The topological polar surface area (TPSA) is 131 Å². The molecule has 0 saturated heterocycles. The molecule has 1 aromatic carbocycles. The molecule has 0 heterocycles. The lowest BCUT2D eigenvalue weighted by atomic mass is 9.77. The van der Waals surface area contributed by atoms with Gasteiger partial charge >= 0.3 is 0 Å². The molecule has 1 aliphatic carbocycles. The van der Waals surface area contributed by atoms with E-state index in [4.69, 9.17) is 11.5 Å². The van der Waals surface area contributed by atoms with Crippen molar-refractivity contribution < 1.29 is 14.4 Å². The predicted molar refractivity (Wildman–Crippen MR) is 116 cm³/mol. The first kappa shape index (κ1) is 23.4. The van der Waals surface area contributed by atoms with Crippen molar-refractivity contribution in [2.75, 3.05) is 13.6 Å². The Labute approximate surface area is 178 Å². The van der Waals surface area contributed by atoms with Gasteiger partial charge in [0.1, 0.15) is 6.29 Å². The monoisotopic (exact) mass is 415 g/mol. The minimum atomic E-state index is -0.605. The summed E-state index contributed by atoms with van der Waals surface area (Å²) in [5, 5.41) is 2.81. The molecule has 0 radical (unpaired) electrons. The lowest BCUT2D eigenvalue weighted by Gasteiger charge is -2.33. The first-order chi connectivity index (χ1) is 14.4. The molecule has 1 saturated carbocycles. The van der Waals surface area contributed by atoms with Crippen LogP contribution in [0.3, 0.4) is 0 Å². The van der Waals surface area contributed by atoms with Crippen LogP contribution in [-0.4, -0.2) is 48.6 Å². The van der Waals surface area contributed by atoms with E-state index in [1.54, 1.807) is 11.9 Å². The van der Waals surface area contributed by atoms with Gasteiger partial charge in [0.05, 0.1) is 6.04 Å². The molecule has 8 nitrogen and oxygen atoms in total. The maximum Gasteiger partial charge on any atom is 0.226 e. The van der Waals surface area contributed by atoms with Gasteiger partial charge in [-0.3, -0.25) is 14.6 Å². The number of nitrogens with two attached hydrogens (primary N) is 2. The molecule has 0 aromatic heterocycles. The molecular formula is C22H33N5O3. The summed E-state index contributed by atoms with van der Waals surface area (Å²) in [5.41, 5.74) is 11.6. The van der Waals surface area contributed by atoms with Gasteiger partial charge in [-0.25, -0.2) is 0 Å². The Kier molecular flexibility index (Phi) is 9.31. The van der Waals surface area contributed by atoms with Crippen LogP contribution >= 0.6 is 0 Å². The van der Waals surface area contributed by atoms with Gasteiger partial charge in [-0.05, 0) is 31.2 Å². The summed E-state index contributed by atoms with van der Waals surface area (Å²) in [6.07, 6.45) is 4.93. The van der Waals surface area contributed by atoms with Crippen molar-refractivity contribution in [2.24, 2.45) is 28.3 Å². The number of aliphatic imine (C=N–C) groups is 1. The summed E-state index contributed by atoms with van der Waals surface area (Å²) in [6.45, 7) is 0.906. The predicted octanol–water partition coefficient (Wildman–Crippen LogP) is 1.19. The zero-order chi connectivity index (χ0) is 21.9. The van der Waals surface area contributed by atoms with Crippen LogP contribution in [0.25, 0.3) is 0 Å². The van der Waals surface area contributed by atoms with Crippen molar-refractivity contribution in [1.29, 1.82) is 0 Å². The molecular weight excluding hydrogens is 382 g/mol. The smallest absolute Gasteiger partial charge is 0.226 e. The van der Waals surface area contributed by atoms with E-state index in [2.05, 4.69) is 10.3 Å². The molecule has 0 aliphatic heterocycles. The van der Waals surface area contributed by atoms with Crippen molar-refractivity contribution in [2.45, 2.75) is 51.1 Å². The third kappa shape index (κ3) is 7.17. The maximum absolute atomic E-state index is 13.1. The zero-order valence-corrected chi connectivity index (χ0v) is 17.6. The Morgan fingerprint density at radius 3 is 2.50 bits per heavy atom. The number of amides is 2. The van der Waals surface area contributed by atoms with Crippen molar-refractivity contribution in [3.05, 3.63) is 35.9 Å². The highest BCUT2D eigenvalue weighted by Crippen LogP contribution is 2.32. The lowest BCUT2D eigenvalue weighted by Crippen LogP contribution is -2.47. The van der Waals surface area contributed by atoms with E-state index >= 15 is 0 Å². The quantitative estimate of drug-likeness (QED) is 0.229. The SMILES string of the molecule is CN(Cc1ccccc1)C(=O)C1CCCCC1C(=O)N[C@@H](C=O)CCCN=C(N)N. The summed E-state index contributed by atoms with van der Waals surface area (Å²) >= 11 is 0. The summed E-state index contributed by atoms with van der Waals surface area (Å²) in [4.78, 5) is 43.0. The highest BCUT2D eigenvalue weighted by Gasteiger charge is 2.37. The zero-order valence-electron chi connectivity index (χ0n) is 17.6. The number of guanidine groups is 1. The van der Waals surface area contributed by atoms with Crippen molar-refractivity contribution in [1.82, 2.24) is 10.2 Å². The van der Waals surface area contributed by atoms with E-state index in [0.29, 0.717) is 38.8 Å². The van der Waals surface area contributed by atoms with Crippen LogP contribution in [0, 0.1) is 11.8 Å². The summed E-state index contributed by atoms with van der Waals surface area (Å²) in [5.74, 6) is -1.01. The molecule has 30 heavy (non-hydrogen) atoms. The number of aldehydes is 1. The van der Waals surface area contributed by atoms with Crippen LogP contribution in [0.2, 0.25) is 0 Å². The lowest BCUT2D eigenvalue weighted by molar-refractivity contribution is -0.143. The largest absolute Gasteiger partial charge is 0.370 e. The normalized spacial score (nSPS) is 19.4. The van der Waals surface area contributed by atoms with Crippen LogP contribution in [-0.2, 0) is 20.9 Å². The Bertz CT molecular complexity index is 734. The number of carbonyl (C=O) groups is 3. The summed E-state index contributed by atoms with van der Waals surface area (Å²) in [6, 6.07) is 9.17. The molecule has 1 aliphatic rings. The van der Waals surface area contributed by atoms with E-state index in [-0.39, 0.29) is 23.7 Å². The highest BCUT2D eigenvalue weighted by molar-refractivity contribution is 5.89. The number of nitrogens with one attached hydrogen (secondary N) is 1. The molecule has 164 valence electrons. The van der Waals surface area contributed by atoms with Crippen molar-refractivity contribution in [3.8, 4) is 0 Å². The number of rotatable bonds is 10. The number of hydrogen-bond donors (Lipinski definition) is 3. The van der Waals surface area contributed by atoms with E-state index in [1.165, 1.54) is 0 Å². The van der Waals surface area contributed by atoms with E-state index in [0.717, 1.165) is 24.7 Å². The third-order valence-electron chi connectivity index (χ3n) is 5.52. The molecule has 0 spiro atoms. The second-order valence-corrected chi connectivity index (χ2v) is 7.88. The van der Waals surface area contributed by atoms with E-state index < -0.39 is 12.0 Å². The van der Waals surface area contributed by atoms with Gasteiger partial charge in [0, 0.05) is 32.0 Å². The fraction of sp³-hybridized carbons (Fsp3) is 0.545. The van der Waals surface area contributed by atoms with Gasteiger partial charge in [0.2, 0.25) is 11.8 Å². The Morgan fingerprint density at radius 1 is 1.20 bits per heavy atom. The minimum absolute atomic E-state index is 0.00451. The van der Waals surface area contributed by atoms with Gasteiger partial charge < -0.3 is 26.5 Å². The van der Waals surface area contributed by atoms with Gasteiger partial charge in [0.15, 0.2) is 5.96 Å². The number of nitrogens with zero attached hydrogens (tertiary/aromatic N) is 2. The van der Waals surface area contributed by atoms with Crippen LogP contribution in [0.5, 0.6) is 0 Å². The first-order valence-corrected chi connectivity index (χ1v) is 10.5. The van der Waals surface area contributed by atoms with E-state index in [1.807, 2.05) is 30.3 Å². The molecule has 5 N–H and O–H groups in total. The van der Waals surface area contributed by atoms with Crippen LogP contribution in [0.1, 0.15) is 44.1 Å². The van der Waals surface area contributed by atoms with Gasteiger partial charge in [0.25, 0.3) is 0 Å². The average Bonchev–Trinajstić information content (AvgIpc) is 2.75. The molecule has 2 unspecified atom stereocenters. The van der Waals surface area contributed by atoms with Crippen molar-refractivity contribution >= 4 is 24.1 Å². The first-order valence-electron chi connectivity index (χ1n) is 10.5. The number of carbonyl (C=O) groups excluding carboxylic acids is 3. The van der Waals surface area contributed by atoms with E-state index in [9.17, 15) is 14.4 Å². The Hall–Kier alpha value is -2.90. The fourth-order valence-corrected chi connectivity index (χ4v) is 3.94. The minimum Gasteiger partial charge on any atom is -0.370 e. The Balaban J connectivity index is 1.95. The fourth-order valence-electron chi connectivity index (χ4n) is 3.94. The van der Waals surface area contributed by atoms with Crippen LogP contribution in [0.4, 0.5) is 0 Å². The van der Waals surface area contributed by atoms with Gasteiger partial charge in [-0.1, -0.05) is 43.2 Å². The highest BCUT2D eigenvalue weighted by atomic mass is 16.2. The Morgan fingerprint density at radius 2 is 1.87 bits per heavy atom. The molecule has 3 atom stereocenters. The molecule has 0 bridgehead atoms.